The Hall–Kier alpha value is -3.56. The quantitative estimate of drug-likeness (QED) is 0.253. The van der Waals surface area contributed by atoms with Gasteiger partial charge in [0.15, 0.2) is 0 Å². The van der Waals surface area contributed by atoms with Gasteiger partial charge in [0.2, 0.25) is 0 Å². The van der Waals surface area contributed by atoms with Gasteiger partial charge in [-0.05, 0) is 57.9 Å². The van der Waals surface area contributed by atoms with Gasteiger partial charge in [-0.3, -0.25) is 19.7 Å². The minimum absolute atomic E-state index is 0.180. The number of halogens is 3. The molecule has 0 atom stereocenters. The molecule has 0 radical (unpaired) electrons. The second kappa shape index (κ2) is 10.2. The molecule has 2 amide bonds. The summed E-state index contributed by atoms with van der Waals surface area (Å²) in [5.74, 6) is -1.97. The molecule has 7 nitrogen and oxygen atoms in total. The third-order valence-electron chi connectivity index (χ3n) is 4.18. The third-order valence-corrected chi connectivity index (χ3v) is 5.16. The standard InChI is InChI=1S/C22H14BrClFN3O4/c23-17-7-2-1-6-16(17)21(29)27-20(11-13-4-3-5-15(10-13)28(31)32)22(30)26-14-8-9-19(25)18(24)12-14/h1-12H,(H,26,30)(H,27,29)/b20-11-. The number of nitrogens with zero attached hydrogens (tertiary/aromatic N) is 1. The maximum atomic E-state index is 13.4. The fraction of sp³-hybridized carbons (Fsp3) is 0. The Morgan fingerprint density at radius 1 is 1.06 bits per heavy atom. The van der Waals surface area contributed by atoms with E-state index in [9.17, 15) is 24.1 Å². The van der Waals surface area contributed by atoms with Crippen LogP contribution in [0.5, 0.6) is 0 Å². The van der Waals surface area contributed by atoms with E-state index in [2.05, 4.69) is 26.6 Å². The number of carbonyl (C=O) groups is 2. The summed E-state index contributed by atoms with van der Waals surface area (Å²) in [6.45, 7) is 0. The zero-order chi connectivity index (χ0) is 23.3. The van der Waals surface area contributed by atoms with E-state index in [1.54, 1.807) is 30.3 Å². The van der Waals surface area contributed by atoms with Crippen molar-refractivity contribution in [2.24, 2.45) is 0 Å². The maximum Gasteiger partial charge on any atom is 0.272 e. The number of rotatable bonds is 6. The number of carbonyl (C=O) groups excluding carboxylic acids is 2. The van der Waals surface area contributed by atoms with Crippen molar-refractivity contribution in [1.82, 2.24) is 5.32 Å². The number of amides is 2. The maximum absolute atomic E-state index is 13.4. The van der Waals surface area contributed by atoms with E-state index in [-0.39, 0.29) is 27.7 Å². The molecule has 0 aromatic heterocycles. The molecule has 3 aromatic rings. The van der Waals surface area contributed by atoms with Crippen molar-refractivity contribution in [2.45, 2.75) is 0 Å². The summed E-state index contributed by atoms with van der Waals surface area (Å²) in [7, 11) is 0. The Bertz CT molecular complexity index is 1250. The molecule has 0 bridgehead atoms. The molecule has 0 saturated heterocycles. The summed E-state index contributed by atoms with van der Waals surface area (Å²) in [4.78, 5) is 36.2. The highest BCUT2D eigenvalue weighted by molar-refractivity contribution is 9.10. The van der Waals surface area contributed by atoms with Gasteiger partial charge in [0.05, 0.1) is 15.5 Å². The van der Waals surface area contributed by atoms with Crippen molar-refractivity contribution in [2.75, 3.05) is 5.32 Å². The topological polar surface area (TPSA) is 101 Å². The number of non-ortho nitro benzene ring substituents is 1. The van der Waals surface area contributed by atoms with Crippen LogP contribution in [0.1, 0.15) is 15.9 Å². The number of anilines is 1. The molecule has 0 spiro atoms. The average molecular weight is 519 g/mol. The van der Waals surface area contributed by atoms with Crippen LogP contribution in [-0.4, -0.2) is 16.7 Å². The highest BCUT2D eigenvalue weighted by Gasteiger charge is 2.17. The molecular weight excluding hydrogens is 505 g/mol. The number of benzene rings is 3. The van der Waals surface area contributed by atoms with E-state index >= 15 is 0 Å². The summed E-state index contributed by atoms with van der Waals surface area (Å²) in [5.41, 5.74) is 0.415. The van der Waals surface area contributed by atoms with E-state index in [4.69, 9.17) is 11.6 Å². The largest absolute Gasteiger partial charge is 0.321 e. The van der Waals surface area contributed by atoms with Gasteiger partial charge in [0.25, 0.3) is 17.5 Å². The van der Waals surface area contributed by atoms with Crippen LogP contribution in [0.4, 0.5) is 15.8 Å². The SMILES string of the molecule is O=C(Nc1ccc(F)c(Cl)c1)/C(=C/c1cccc([N+](=O)[O-])c1)NC(=O)c1ccccc1Br. The Balaban J connectivity index is 1.96. The summed E-state index contributed by atoms with van der Waals surface area (Å²) >= 11 is 9.03. The summed E-state index contributed by atoms with van der Waals surface area (Å²) in [5, 5.41) is 15.9. The van der Waals surface area contributed by atoms with Gasteiger partial charge >= 0.3 is 0 Å². The second-order valence-electron chi connectivity index (χ2n) is 6.43. The predicted molar refractivity (Wildman–Crippen MR) is 123 cm³/mol. The van der Waals surface area contributed by atoms with Crippen LogP contribution in [0, 0.1) is 15.9 Å². The third kappa shape index (κ3) is 5.77. The van der Waals surface area contributed by atoms with Crippen molar-refractivity contribution in [3.05, 3.63) is 109 Å². The van der Waals surface area contributed by atoms with Crippen molar-refractivity contribution >= 4 is 56.8 Å². The van der Waals surface area contributed by atoms with Crippen molar-refractivity contribution in [3.8, 4) is 0 Å². The van der Waals surface area contributed by atoms with Gasteiger partial charge in [-0.15, -0.1) is 0 Å². The molecular formula is C22H14BrClFN3O4. The summed E-state index contributed by atoms with van der Waals surface area (Å²) in [6.07, 6.45) is 1.29. The normalized spacial score (nSPS) is 11.0. The van der Waals surface area contributed by atoms with E-state index in [1.165, 1.54) is 36.4 Å². The number of nitro groups is 1. The number of hydrogen-bond donors (Lipinski definition) is 2. The molecule has 2 N–H and O–H groups in total. The molecule has 0 fully saturated rings. The molecule has 162 valence electrons. The molecule has 0 heterocycles. The first-order valence-electron chi connectivity index (χ1n) is 9.03. The van der Waals surface area contributed by atoms with Crippen molar-refractivity contribution < 1.29 is 18.9 Å². The molecule has 3 aromatic carbocycles. The summed E-state index contributed by atoms with van der Waals surface area (Å²) < 4.78 is 13.9. The first-order chi connectivity index (χ1) is 15.2. The zero-order valence-electron chi connectivity index (χ0n) is 16.1. The Kier molecular flexibility index (Phi) is 7.34. The first-order valence-corrected chi connectivity index (χ1v) is 10.2. The Morgan fingerprint density at radius 3 is 2.50 bits per heavy atom. The molecule has 3 rings (SSSR count). The molecule has 0 unspecified atom stereocenters. The average Bonchev–Trinajstić information content (AvgIpc) is 2.76. The van der Waals surface area contributed by atoms with Gasteiger partial charge in [0.1, 0.15) is 11.5 Å². The lowest BCUT2D eigenvalue weighted by molar-refractivity contribution is -0.384. The lowest BCUT2D eigenvalue weighted by Gasteiger charge is -2.12. The van der Waals surface area contributed by atoms with Gasteiger partial charge in [0, 0.05) is 22.3 Å². The Morgan fingerprint density at radius 2 is 1.81 bits per heavy atom. The minimum Gasteiger partial charge on any atom is -0.321 e. The summed E-state index contributed by atoms with van der Waals surface area (Å²) in [6, 6.07) is 15.8. The van der Waals surface area contributed by atoms with Gasteiger partial charge in [-0.2, -0.15) is 0 Å². The zero-order valence-corrected chi connectivity index (χ0v) is 18.5. The molecule has 0 aliphatic heterocycles. The lowest BCUT2D eigenvalue weighted by atomic mass is 10.1. The van der Waals surface area contributed by atoms with Gasteiger partial charge in [-0.25, -0.2) is 4.39 Å². The molecule has 32 heavy (non-hydrogen) atoms. The van der Waals surface area contributed by atoms with Gasteiger partial charge < -0.3 is 10.6 Å². The number of nitro benzene ring substituents is 1. The van der Waals surface area contributed by atoms with Crippen LogP contribution in [0.3, 0.4) is 0 Å². The number of hydrogen-bond acceptors (Lipinski definition) is 4. The molecule has 0 aliphatic carbocycles. The molecule has 10 heteroatoms. The predicted octanol–water partition coefficient (Wildman–Crippen LogP) is 5.56. The Labute approximate surface area is 195 Å². The smallest absolute Gasteiger partial charge is 0.272 e. The van der Waals surface area contributed by atoms with Crippen molar-refractivity contribution in [1.29, 1.82) is 0 Å². The highest BCUT2D eigenvalue weighted by Crippen LogP contribution is 2.21. The minimum atomic E-state index is -0.736. The van der Waals surface area contributed by atoms with E-state index in [0.717, 1.165) is 6.07 Å². The first kappa shape index (κ1) is 23.1. The van der Waals surface area contributed by atoms with E-state index in [1.807, 2.05) is 0 Å². The highest BCUT2D eigenvalue weighted by atomic mass is 79.9. The van der Waals surface area contributed by atoms with Crippen LogP contribution in [-0.2, 0) is 4.79 Å². The van der Waals surface area contributed by atoms with Crippen LogP contribution in [0.25, 0.3) is 6.08 Å². The fourth-order valence-electron chi connectivity index (χ4n) is 2.66. The molecule has 0 aliphatic rings. The van der Waals surface area contributed by atoms with Crippen LogP contribution in [0.2, 0.25) is 5.02 Å². The van der Waals surface area contributed by atoms with Crippen molar-refractivity contribution in [3.63, 3.8) is 0 Å². The van der Waals surface area contributed by atoms with E-state index < -0.39 is 22.6 Å². The van der Waals surface area contributed by atoms with Crippen LogP contribution in [0.15, 0.2) is 76.9 Å². The monoisotopic (exact) mass is 517 g/mol. The lowest BCUT2D eigenvalue weighted by Crippen LogP contribution is -2.31. The van der Waals surface area contributed by atoms with Crippen LogP contribution < -0.4 is 10.6 Å². The second-order valence-corrected chi connectivity index (χ2v) is 7.69. The number of nitrogens with one attached hydrogen (secondary N) is 2. The van der Waals surface area contributed by atoms with Crippen LogP contribution >= 0.6 is 27.5 Å². The van der Waals surface area contributed by atoms with Gasteiger partial charge in [-0.1, -0.05) is 35.9 Å². The fourth-order valence-corrected chi connectivity index (χ4v) is 3.31. The molecule has 0 saturated carbocycles. The van der Waals surface area contributed by atoms with E-state index in [0.29, 0.717) is 10.0 Å².